The zero-order valence-electron chi connectivity index (χ0n) is 22.3. The van der Waals surface area contributed by atoms with Crippen LogP contribution in [0.15, 0.2) is 72.8 Å². The fourth-order valence-corrected chi connectivity index (χ4v) is 3.87. The van der Waals surface area contributed by atoms with Crippen molar-refractivity contribution in [1.29, 1.82) is 0 Å². The lowest BCUT2D eigenvalue weighted by Gasteiger charge is -2.32. The Labute approximate surface area is 223 Å². The SMILES string of the molecule is CC[C@H](C)NC(=O)[C@@H](Cc1ccccc1)N(Cc1ccc(F)cc1)C(=O)COc1cc(OC)cc(OC)c1. The molecule has 3 aromatic carbocycles. The number of carbonyl (C=O) groups excluding carboxylic acids is 2. The van der Waals surface area contributed by atoms with Gasteiger partial charge >= 0.3 is 0 Å². The Morgan fingerprint density at radius 3 is 2.08 bits per heavy atom. The lowest BCUT2D eigenvalue weighted by atomic mass is 10.0. The van der Waals surface area contributed by atoms with Gasteiger partial charge in [-0.2, -0.15) is 0 Å². The summed E-state index contributed by atoms with van der Waals surface area (Å²) in [6.07, 6.45) is 1.06. The summed E-state index contributed by atoms with van der Waals surface area (Å²) in [7, 11) is 3.05. The number of rotatable bonds is 13. The van der Waals surface area contributed by atoms with Gasteiger partial charge < -0.3 is 24.4 Å². The maximum Gasteiger partial charge on any atom is 0.261 e. The number of methoxy groups -OCH3 is 2. The number of carbonyl (C=O) groups is 2. The number of ether oxygens (including phenoxy) is 3. The van der Waals surface area contributed by atoms with Crippen molar-refractivity contribution in [3.05, 3.63) is 89.7 Å². The van der Waals surface area contributed by atoms with E-state index in [1.165, 1.54) is 31.3 Å². The third-order valence-corrected chi connectivity index (χ3v) is 6.23. The second-order valence-corrected chi connectivity index (χ2v) is 9.01. The summed E-state index contributed by atoms with van der Waals surface area (Å²) in [6.45, 7) is 3.69. The summed E-state index contributed by atoms with van der Waals surface area (Å²) in [4.78, 5) is 28.7. The van der Waals surface area contributed by atoms with Gasteiger partial charge in [-0.3, -0.25) is 9.59 Å². The van der Waals surface area contributed by atoms with Crippen LogP contribution in [0.5, 0.6) is 17.2 Å². The molecule has 2 atom stereocenters. The van der Waals surface area contributed by atoms with E-state index in [0.717, 1.165) is 12.0 Å². The Bertz CT molecular complexity index is 1160. The molecule has 0 bridgehead atoms. The second kappa shape index (κ2) is 14.0. The highest BCUT2D eigenvalue weighted by molar-refractivity contribution is 5.88. The molecular weight excluding hydrogens is 487 g/mol. The molecule has 0 aliphatic carbocycles. The highest BCUT2D eigenvalue weighted by Gasteiger charge is 2.31. The van der Waals surface area contributed by atoms with Gasteiger partial charge in [0, 0.05) is 37.2 Å². The number of hydrogen-bond donors (Lipinski definition) is 1. The van der Waals surface area contributed by atoms with Gasteiger partial charge in [0.25, 0.3) is 5.91 Å². The minimum absolute atomic E-state index is 0.0657. The van der Waals surface area contributed by atoms with E-state index in [9.17, 15) is 14.0 Å². The van der Waals surface area contributed by atoms with E-state index in [1.54, 1.807) is 30.3 Å². The quantitative estimate of drug-likeness (QED) is 0.350. The van der Waals surface area contributed by atoms with Crippen molar-refractivity contribution in [3.63, 3.8) is 0 Å². The van der Waals surface area contributed by atoms with Crippen LogP contribution in [0.4, 0.5) is 4.39 Å². The molecule has 0 spiro atoms. The highest BCUT2D eigenvalue weighted by atomic mass is 19.1. The Hall–Kier alpha value is -4.07. The molecule has 2 amide bonds. The smallest absolute Gasteiger partial charge is 0.261 e. The average Bonchev–Trinajstić information content (AvgIpc) is 2.94. The first kappa shape index (κ1) is 28.5. The molecule has 8 heteroatoms. The Morgan fingerprint density at radius 1 is 0.895 bits per heavy atom. The van der Waals surface area contributed by atoms with Crippen molar-refractivity contribution in [1.82, 2.24) is 10.2 Å². The zero-order valence-corrected chi connectivity index (χ0v) is 22.3. The van der Waals surface area contributed by atoms with Gasteiger partial charge in [0.2, 0.25) is 5.91 Å². The van der Waals surface area contributed by atoms with Crippen molar-refractivity contribution in [2.75, 3.05) is 20.8 Å². The first-order valence-corrected chi connectivity index (χ1v) is 12.6. The highest BCUT2D eigenvalue weighted by Crippen LogP contribution is 2.27. The molecule has 0 saturated carbocycles. The molecule has 0 radical (unpaired) electrons. The third-order valence-electron chi connectivity index (χ3n) is 6.23. The minimum atomic E-state index is -0.813. The van der Waals surface area contributed by atoms with Crippen LogP contribution < -0.4 is 19.5 Å². The van der Waals surface area contributed by atoms with E-state index in [2.05, 4.69) is 5.32 Å². The average molecular weight is 523 g/mol. The first-order chi connectivity index (χ1) is 18.3. The molecule has 0 aliphatic heterocycles. The summed E-state index contributed by atoms with van der Waals surface area (Å²) in [5.41, 5.74) is 1.60. The maximum atomic E-state index is 13.7. The van der Waals surface area contributed by atoms with Gasteiger partial charge in [0.1, 0.15) is 29.1 Å². The van der Waals surface area contributed by atoms with Crippen LogP contribution in [-0.2, 0) is 22.6 Å². The first-order valence-electron chi connectivity index (χ1n) is 12.6. The van der Waals surface area contributed by atoms with Gasteiger partial charge in [0.05, 0.1) is 14.2 Å². The number of benzene rings is 3. The predicted molar refractivity (Wildman–Crippen MR) is 144 cm³/mol. The Morgan fingerprint density at radius 2 is 1.50 bits per heavy atom. The summed E-state index contributed by atoms with van der Waals surface area (Å²) >= 11 is 0. The van der Waals surface area contributed by atoms with E-state index in [4.69, 9.17) is 14.2 Å². The van der Waals surface area contributed by atoms with Crippen LogP contribution in [0.25, 0.3) is 0 Å². The monoisotopic (exact) mass is 522 g/mol. The topological polar surface area (TPSA) is 77.1 Å². The predicted octanol–water partition coefficient (Wildman–Crippen LogP) is 4.78. The summed E-state index contributed by atoms with van der Waals surface area (Å²) < 4.78 is 30.0. The Kier molecular flexibility index (Phi) is 10.5. The van der Waals surface area contributed by atoms with Gasteiger partial charge in [-0.1, -0.05) is 49.4 Å². The van der Waals surface area contributed by atoms with Gasteiger partial charge in [0.15, 0.2) is 6.61 Å². The van der Waals surface area contributed by atoms with Crippen LogP contribution in [0.2, 0.25) is 0 Å². The lowest BCUT2D eigenvalue weighted by Crippen LogP contribution is -2.53. The molecule has 202 valence electrons. The molecular formula is C30H35FN2O5. The molecule has 3 rings (SSSR count). The van der Waals surface area contributed by atoms with E-state index < -0.39 is 11.9 Å². The normalized spacial score (nSPS) is 12.2. The molecule has 38 heavy (non-hydrogen) atoms. The molecule has 0 heterocycles. The van der Waals surface area contributed by atoms with Crippen LogP contribution in [0.1, 0.15) is 31.4 Å². The Balaban J connectivity index is 1.92. The summed E-state index contributed by atoms with van der Waals surface area (Å²) in [5.74, 6) is 0.394. The van der Waals surface area contributed by atoms with Crippen LogP contribution in [0.3, 0.4) is 0 Å². The standard InChI is InChI=1S/C30H35FN2O5/c1-5-21(2)32-30(35)28(15-22-9-7-6-8-10-22)33(19-23-11-13-24(31)14-12-23)29(34)20-38-27-17-25(36-3)16-26(18-27)37-4/h6-14,16-18,21,28H,5,15,19-20H2,1-4H3,(H,32,35)/t21-,28+/m0/s1. The molecule has 0 aromatic heterocycles. The summed E-state index contributed by atoms with van der Waals surface area (Å²) in [6, 6.07) is 19.5. The van der Waals surface area contributed by atoms with E-state index in [0.29, 0.717) is 29.2 Å². The van der Waals surface area contributed by atoms with Crippen molar-refractivity contribution in [2.45, 2.75) is 45.3 Å². The molecule has 0 fully saturated rings. The second-order valence-electron chi connectivity index (χ2n) is 9.01. The molecule has 1 N–H and O–H groups in total. The molecule has 0 aliphatic rings. The molecule has 3 aromatic rings. The number of nitrogens with zero attached hydrogens (tertiary/aromatic N) is 1. The van der Waals surface area contributed by atoms with Gasteiger partial charge in [-0.25, -0.2) is 4.39 Å². The summed E-state index contributed by atoms with van der Waals surface area (Å²) in [5, 5.41) is 3.02. The number of hydrogen-bond acceptors (Lipinski definition) is 5. The number of halogens is 1. The van der Waals surface area contributed by atoms with Crippen molar-refractivity contribution < 1.29 is 28.2 Å². The van der Waals surface area contributed by atoms with Gasteiger partial charge in [-0.05, 0) is 36.6 Å². The van der Waals surface area contributed by atoms with Gasteiger partial charge in [-0.15, -0.1) is 0 Å². The van der Waals surface area contributed by atoms with Crippen molar-refractivity contribution >= 4 is 11.8 Å². The fraction of sp³-hybridized carbons (Fsp3) is 0.333. The molecule has 7 nitrogen and oxygen atoms in total. The van der Waals surface area contributed by atoms with Crippen LogP contribution >= 0.6 is 0 Å². The molecule has 0 saturated heterocycles. The van der Waals surface area contributed by atoms with Crippen LogP contribution in [-0.4, -0.2) is 49.6 Å². The number of amides is 2. The van der Waals surface area contributed by atoms with Crippen LogP contribution in [0, 0.1) is 5.82 Å². The van der Waals surface area contributed by atoms with Crippen molar-refractivity contribution in [2.24, 2.45) is 0 Å². The van der Waals surface area contributed by atoms with E-state index >= 15 is 0 Å². The minimum Gasteiger partial charge on any atom is -0.496 e. The lowest BCUT2D eigenvalue weighted by molar-refractivity contribution is -0.143. The molecule has 0 unspecified atom stereocenters. The van der Waals surface area contributed by atoms with E-state index in [1.807, 2.05) is 44.2 Å². The zero-order chi connectivity index (χ0) is 27.5. The number of nitrogens with one attached hydrogen (secondary N) is 1. The van der Waals surface area contributed by atoms with Crippen molar-refractivity contribution in [3.8, 4) is 17.2 Å². The largest absolute Gasteiger partial charge is 0.496 e. The van der Waals surface area contributed by atoms with E-state index in [-0.39, 0.29) is 30.9 Å². The maximum absolute atomic E-state index is 13.7. The fourth-order valence-electron chi connectivity index (χ4n) is 3.87. The third kappa shape index (κ3) is 8.23.